The number of nitro groups is 1. The summed E-state index contributed by atoms with van der Waals surface area (Å²) in [6.45, 7) is -1.13. The van der Waals surface area contributed by atoms with E-state index in [0.717, 1.165) is 11.3 Å². The molecule has 7 N–H and O–H groups in total. The molecule has 0 radical (unpaired) electrons. The monoisotopic (exact) mass is 783 g/mol. The number of esters is 1. The van der Waals surface area contributed by atoms with Crippen molar-refractivity contribution in [2.45, 2.75) is 50.2 Å². The van der Waals surface area contributed by atoms with Crippen LogP contribution in [-0.2, 0) is 41.1 Å². The number of rotatable bonds is 17. The summed E-state index contributed by atoms with van der Waals surface area (Å²) in [4.78, 5) is 73.4. The highest BCUT2D eigenvalue weighted by Gasteiger charge is 2.49. The van der Waals surface area contributed by atoms with Crippen LogP contribution in [0.1, 0.15) is 31.9 Å². The van der Waals surface area contributed by atoms with Gasteiger partial charge in [0, 0.05) is 6.42 Å². The van der Waals surface area contributed by atoms with Crippen molar-refractivity contribution in [3.8, 4) is 0 Å². The number of aliphatic hydroxyl groups is 1. The smallest absolute Gasteiger partial charge is 0.457 e. The first-order valence-corrected chi connectivity index (χ1v) is 18.8. The summed E-state index contributed by atoms with van der Waals surface area (Å²) in [7, 11) is -17.1. The Balaban J connectivity index is 1.23. The van der Waals surface area contributed by atoms with Gasteiger partial charge in [0.05, 0.1) is 19.5 Å². The van der Waals surface area contributed by atoms with Crippen LogP contribution in [-0.4, -0.2) is 97.0 Å². The van der Waals surface area contributed by atoms with Crippen molar-refractivity contribution in [3.05, 3.63) is 41.0 Å². The van der Waals surface area contributed by atoms with Crippen LogP contribution in [0.15, 0.2) is 35.5 Å². The minimum absolute atomic E-state index is 0.0213. The van der Waals surface area contributed by atoms with Gasteiger partial charge in [-0.15, -0.1) is 0 Å². The van der Waals surface area contributed by atoms with Crippen molar-refractivity contribution >= 4 is 63.1 Å². The maximum Gasteiger partial charge on any atom is 0.490 e. The number of aromatic nitrogens is 6. The maximum absolute atomic E-state index is 12.9. The lowest BCUT2D eigenvalue weighted by atomic mass is 10.1. The Bertz CT molecular complexity index is 2040. The lowest BCUT2D eigenvalue weighted by molar-refractivity contribution is -0.494. The molecule has 1 fully saturated rings. The highest BCUT2D eigenvalue weighted by molar-refractivity contribution is 7.66. The molecule has 4 heterocycles. The number of nitrogens with zero attached hydrogens (tertiary/aromatic N) is 8. The summed E-state index contributed by atoms with van der Waals surface area (Å²) in [5, 5.41) is 30.5. The van der Waals surface area contributed by atoms with Gasteiger partial charge in [-0.05, 0) is 35.3 Å². The Kier molecular flexibility index (Phi) is 11.5. The van der Waals surface area contributed by atoms with Crippen LogP contribution < -0.4 is 10.7 Å². The number of hydrogen-bond acceptors (Lipinski definition) is 19. The van der Waals surface area contributed by atoms with Gasteiger partial charge in [0.2, 0.25) is 0 Å². The van der Waals surface area contributed by atoms with Crippen molar-refractivity contribution in [3.63, 3.8) is 0 Å². The van der Waals surface area contributed by atoms with Crippen LogP contribution in [0, 0.1) is 10.1 Å². The molecular weight excluding hydrogens is 755 g/mol. The lowest BCUT2D eigenvalue weighted by Crippen LogP contribution is -2.38. The van der Waals surface area contributed by atoms with Crippen molar-refractivity contribution in [1.82, 2.24) is 29.8 Å². The second kappa shape index (κ2) is 15.3. The number of phosphoric ester groups is 1. The van der Waals surface area contributed by atoms with Crippen molar-refractivity contribution in [2.24, 2.45) is 0 Å². The van der Waals surface area contributed by atoms with Crippen LogP contribution in [0.25, 0.3) is 22.2 Å². The zero-order valence-corrected chi connectivity index (χ0v) is 28.3. The molecule has 5 rings (SSSR count). The predicted molar refractivity (Wildman–Crippen MR) is 164 cm³/mol. The van der Waals surface area contributed by atoms with E-state index in [1.54, 1.807) is 12.1 Å². The topological polar surface area (TPSA) is 370 Å². The molecule has 1 aliphatic rings. The quantitative estimate of drug-likeness (QED) is 0.0282. The van der Waals surface area contributed by atoms with Gasteiger partial charge in [-0.3, -0.25) is 13.9 Å². The van der Waals surface area contributed by atoms with Crippen LogP contribution in [0.5, 0.6) is 0 Å². The summed E-state index contributed by atoms with van der Waals surface area (Å²) in [6.07, 6.45) is -3.65. The third-order valence-electron chi connectivity index (χ3n) is 7.05. The zero-order chi connectivity index (χ0) is 37.1. The van der Waals surface area contributed by atoms with Crippen LogP contribution in [0.2, 0.25) is 0 Å². The van der Waals surface area contributed by atoms with Gasteiger partial charge in [0.15, 0.2) is 34.3 Å². The predicted octanol–water partition coefficient (Wildman–Crippen LogP) is 0.717. The molecule has 278 valence electrons. The van der Waals surface area contributed by atoms with Crippen molar-refractivity contribution < 1.29 is 75.4 Å². The minimum Gasteiger partial charge on any atom is -0.457 e. The Morgan fingerprint density at radius 3 is 2.53 bits per heavy atom. The highest BCUT2D eigenvalue weighted by Crippen LogP contribution is 2.66. The number of hydrazine groups is 1. The number of unbranched alkanes of at least 4 members (excludes halogenated alkanes) is 2. The van der Waals surface area contributed by atoms with Crippen molar-refractivity contribution in [1.29, 1.82) is 0 Å². The molecule has 0 saturated carbocycles. The molecule has 4 aromatic rings. The largest absolute Gasteiger partial charge is 0.490 e. The van der Waals surface area contributed by atoms with Gasteiger partial charge >= 0.3 is 29.4 Å². The Morgan fingerprint density at radius 2 is 1.80 bits per heavy atom. The second-order valence-electron chi connectivity index (χ2n) is 10.6. The van der Waals surface area contributed by atoms with E-state index < -0.39 is 65.6 Å². The molecule has 3 aromatic heterocycles. The van der Waals surface area contributed by atoms with Gasteiger partial charge in [0.25, 0.3) is 0 Å². The zero-order valence-electron chi connectivity index (χ0n) is 25.6. The average Bonchev–Trinajstić information content (AvgIpc) is 3.74. The van der Waals surface area contributed by atoms with E-state index in [-0.39, 0.29) is 54.0 Å². The molecule has 1 aliphatic heterocycles. The van der Waals surface area contributed by atoms with Crippen LogP contribution in [0.3, 0.4) is 0 Å². The molecule has 6 atom stereocenters. The summed E-state index contributed by atoms with van der Waals surface area (Å²) < 4.78 is 64.1. The number of ether oxygens (including phenoxy) is 2. The molecule has 0 bridgehead atoms. The number of hydrogen-bond donors (Lipinski definition) is 6. The van der Waals surface area contributed by atoms with Crippen LogP contribution >= 0.6 is 23.5 Å². The maximum atomic E-state index is 12.9. The number of carbonyl (C=O) groups is 1. The summed E-state index contributed by atoms with van der Waals surface area (Å²) >= 11 is 0. The van der Waals surface area contributed by atoms with Crippen molar-refractivity contribution in [2.75, 3.05) is 23.9 Å². The number of nitrogen functional groups attached to an aromatic ring is 1. The number of nitrogens with two attached hydrogens (primary N) is 1. The summed E-state index contributed by atoms with van der Waals surface area (Å²) in [5.74, 6) is -0.912. The van der Waals surface area contributed by atoms with Gasteiger partial charge in [0.1, 0.15) is 35.3 Å². The van der Waals surface area contributed by atoms with Crippen LogP contribution in [0.4, 0.5) is 11.5 Å². The Morgan fingerprint density at radius 1 is 1.04 bits per heavy atom. The number of imidazole rings is 1. The van der Waals surface area contributed by atoms with E-state index >= 15 is 0 Å². The van der Waals surface area contributed by atoms with E-state index in [4.69, 9.17) is 25.0 Å². The minimum atomic E-state index is -5.85. The molecule has 26 nitrogen and oxygen atoms in total. The first kappa shape index (κ1) is 38.2. The average molecular weight is 783 g/mol. The number of anilines is 2. The normalized spacial score (nSPS) is 21.7. The summed E-state index contributed by atoms with van der Waals surface area (Å²) in [5.41, 5.74) is 6.67. The Labute approximate surface area is 283 Å². The summed E-state index contributed by atoms with van der Waals surface area (Å²) in [6, 6.07) is 4.60. The second-order valence-corrected chi connectivity index (χ2v) is 15.0. The van der Waals surface area contributed by atoms with Gasteiger partial charge in [-0.2, -0.15) is 8.62 Å². The molecule has 1 saturated heterocycles. The van der Waals surface area contributed by atoms with Gasteiger partial charge in [-0.25, -0.2) is 43.4 Å². The van der Waals surface area contributed by atoms with E-state index in [1.165, 1.54) is 17.0 Å². The SMILES string of the molecule is Nc1ncnc2c1ncn2[C@@H]1O[C@H](COP(=O)(O)OP(=O)(O)OP(=O)(O)O)[C@@H](OC(=O)CCCCCN(c2cccc3nonc23)[N+](=O)[O-])[C@H]1O. The number of carbonyl (C=O) groups excluding carboxylic acids is 1. The fraction of sp³-hybridized carbons (Fsp3) is 0.455. The molecule has 0 amide bonds. The number of benzene rings is 1. The van der Waals surface area contributed by atoms with E-state index in [9.17, 15) is 43.5 Å². The molecule has 29 heteroatoms. The molecule has 0 spiro atoms. The number of phosphoric acid groups is 3. The van der Waals surface area contributed by atoms with Gasteiger partial charge < -0.3 is 39.9 Å². The van der Waals surface area contributed by atoms with Gasteiger partial charge in [-0.1, -0.05) is 17.5 Å². The highest BCUT2D eigenvalue weighted by atomic mass is 31.3. The number of aliphatic hydroxyl groups excluding tert-OH is 1. The molecule has 51 heavy (non-hydrogen) atoms. The van der Waals surface area contributed by atoms with E-state index in [1.807, 2.05) is 0 Å². The standard InChI is InChI=1S/C22H28N9O17P3/c23-20-17-21(25-10-24-20)29(11-26-17)22-18(33)19(14(44-22)9-43-50(39,40)48-51(41,42)47-49(36,37)38)45-15(32)7-2-1-3-8-30(31(34)35)13-6-4-5-12-16(13)28-46-27-12/h4-6,10-11,14,18-19,22,33H,1-3,7-9H2,(H,39,40)(H,41,42)(H2,23,24,25)(H2,36,37,38)/t14-,18-,19-,22-/m1/s1. The fourth-order valence-corrected chi connectivity index (χ4v) is 7.99. The third-order valence-corrected chi connectivity index (χ3v) is 10.8. The first-order chi connectivity index (χ1) is 23.9. The molecule has 1 aromatic carbocycles. The Hall–Kier alpha value is -4.03. The van der Waals surface area contributed by atoms with E-state index in [0.29, 0.717) is 11.9 Å². The fourth-order valence-electron chi connectivity index (χ4n) is 4.96. The first-order valence-electron chi connectivity index (χ1n) is 14.3. The molecular formula is C22H28N9O17P3. The molecule has 2 unspecified atom stereocenters. The lowest BCUT2D eigenvalue weighted by Gasteiger charge is -2.22. The van der Waals surface area contributed by atoms with E-state index in [2.05, 4.69) is 43.0 Å². The third kappa shape index (κ3) is 9.45. The molecule has 0 aliphatic carbocycles. The number of fused-ring (bicyclic) bond motifs is 2.